The first-order valence-corrected chi connectivity index (χ1v) is 7.02. The lowest BCUT2D eigenvalue weighted by molar-refractivity contribution is 0.295. The lowest BCUT2D eigenvalue weighted by atomic mass is 10.00. The maximum atomic E-state index is 6.11. The van der Waals surface area contributed by atoms with Crippen LogP contribution in [0.25, 0.3) is 0 Å². The van der Waals surface area contributed by atoms with Gasteiger partial charge >= 0.3 is 0 Å². The lowest BCUT2D eigenvalue weighted by Gasteiger charge is -2.17. The number of hydrogen-bond acceptors (Lipinski definition) is 3. The molecule has 1 saturated carbocycles. The lowest BCUT2D eigenvalue weighted by Crippen LogP contribution is -2.22. The minimum absolute atomic E-state index is 0.106. The smallest absolute Gasteiger partial charge is 0.124 e. The van der Waals surface area contributed by atoms with Crippen molar-refractivity contribution < 1.29 is 4.74 Å². The zero-order chi connectivity index (χ0) is 12.5. The van der Waals surface area contributed by atoms with Crippen LogP contribution in [0.3, 0.4) is 0 Å². The summed E-state index contributed by atoms with van der Waals surface area (Å²) in [4.78, 5) is 0. The summed E-state index contributed by atoms with van der Waals surface area (Å²) < 4.78 is 5.97. The molecular weight excluding hydrogens is 224 g/mol. The topological polar surface area (TPSA) is 61.3 Å². The molecule has 2 aliphatic carbocycles. The van der Waals surface area contributed by atoms with Crippen LogP contribution in [-0.2, 0) is 12.8 Å². The van der Waals surface area contributed by atoms with Gasteiger partial charge in [0.05, 0.1) is 6.61 Å². The fourth-order valence-corrected chi connectivity index (χ4v) is 2.65. The van der Waals surface area contributed by atoms with Gasteiger partial charge in [-0.05, 0) is 55.2 Å². The minimum Gasteiger partial charge on any atom is -0.493 e. The van der Waals surface area contributed by atoms with Gasteiger partial charge in [-0.3, -0.25) is 0 Å². The maximum absolute atomic E-state index is 6.11. The molecule has 0 radical (unpaired) electrons. The van der Waals surface area contributed by atoms with Gasteiger partial charge in [0, 0.05) is 18.2 Å². The summed E-state index contributed by atoms with van der Waals surface area (Å²) in [5.74, 6) is 1.74. The van der Waals surface area contributed by atoms with Crippen LogP contribution in [-0.4, -0.2) is 13.2 Å². The third-order valence-corrected chi connectivity index (χ3v) is 4.05. The monoisotopic (exact) mass is 246 g/mol. The van der Waals surface area contributed by atoms with Crippen molar-refractivity contribution in [2.45, 2.75) is 38.1 Å². The quantitative estimate of drug-likeness (QED) is 0.834. The van der Waals surface area contributed by atoms with Gasteiger partial charge in [0.25, 0.3) is 0 Å². The predicted octanol–water partition coefficient (Wildman–Crippen LogP) is 1.92. The third-order valence-electron chi connectivity index (χ3n) is 4.05. The molecule has 0 amide bonds. The SMILES string of the molecule is NCC(N)c1cc2c(cc1OCC1CC1)CCC2. The Morgan fingerprint density at radius 1 is 1.22 bits per heavy atom. The van der Waals surface area contributed by atoms with Crippen molar-refractivity contribution in [1.82, 2.24) is 0 Å². The summed E-state index contributed by atoms with van der Waals surface area (Å²) in [5.41, 5.74) is 15.8. The molecule has 0 aliphatic heterocycles. The van der Waals surface area contributed by atoms with Gasteiger partial charge in [0.1, 0.15) is 5.75 Å². The molecule has 0 spiro atoms. The molecule has 1 fully saturated rings. The number of aryl methyl sites for hydroxylation is 2. The molecule has 3 nitrogen and oxygen atoms in total. The Labute approximate surface area is 108 Å². The van der Waals surface area contributed by atoms with Gasteiger partial charge in [0.15, 0.2) is 0 Å². The highest BCUT2D eigenvalue weighted by Gasteiger charge is 2.24. The van der Waals surface area contributed by atoms with Crippen molar-refractivity contribution in [2.24, 2.45) is 17.4 Å². The second-order valence-electron chi connectivity index (χ2n) is 5.61. The van der Waals surface area contributed by atoms with Gasteiger partial charge < -0.3 is 16.2 Å². The van der Waals surface area contributed by atoms with Crippen molar-refractivity contribution >= 4 is 0 Å². The molecular formula is C15H22N2O. The normalized spacial score (nSPS) is 19.7. The third kappa shape index (κ3) is 2.38. The first kappa shape index (κ1) is 12.0. The summed E-state index contributed by atoms with van der Waals surface area (Å²) >= 11 is 0. The molecule has 3 rings (SSSR count). The molecule has 1 unspecified atom stereocenters. The molecule has 3 heteroatoms. The van der Waals surface area contributed by atoms with E-state index in [1.165, 1.54) is 43.2 Å². The molecule has 18 heavy (non-hydrogen) atoms. The number of rotatable bonds is 5. The molecule has 0 saturated heterocycles. The Balaban J connectivity index is 1.87. The zero-order valence-corrected chi connectivity index (χ0v) is 10.8. The zero-order valence-electron chi connectivity index (χ0n) is 10.8. The van der Waals surface area contributed by atoms with Crippen molar-refractivity contribution in [3.05, 3.63) is 28.8 Å². The van der Waals surface area contributed by atoms with Gasteiger partial charge in [-0.1, -0.05) is 6.07 Å². The van der Waals surface area contributed by atoms with E-state index in [2.05, 4.69) is 12.1 Å². The summed E-state index contributed by atoms with van der Waals surface area (Å²) in [7, 11) is 0. The molecule has 0 heterocycles. The first-order chi connectivity index (χ1) is 8.78. The Bertz CT molecular complexity index is 440. The van der Waals surface area contributed by atoms with E-state index in [4.69, 9.17) is 16.2 Å². The molecule has 98 valence electrons. The summed E-state index contributed by atoms with van der Waals surface area (Å²) in [6.45, 7) is 1.31. The first-order valence-electron chi connectivity index (χ1n) is 7.02. The summed E-state index contributed by atoms with van der Waals surface area (Å²) in [5, 5.41) is 0. The highest BCUT2D eigenvalue weighted by molar-refractivity contribution is 5.46. The molecule has 1 atom stereocenters. The Hall–Kier alpha value is -1.06. The van der Waals surface area contributed by atoms with Crippen molar-refractivity contribution in [3.8, 4) is 5.75 Å². The average molecular weight is 246 g/mol. The van der Waals surface area contributed by atoms with Crippen LogP contribution in [0.15, 0.2) is 12.1 Å². The van der Waals surface area contributed by atoms with Crippen LogP contribution in [0.1, 0.15) is 42.0 Å². The number of benzene rings is 1. The van der Waals surface area contributed by atoms with Crippen molar-refractivity contribution in [3.63, 3.8) is 0 Å². The number of fused-ring (bicyclic) bond motifs is 1. The van der Waals surface area contributed by atoms with Crippen LogP contribution in [0.4, 0.5) is 0 Å². The van der Waals surface area contributed by atoms with Gasteiger partial charge in [0.2, 0.25) is 0 Å². The molecule has 4 N–H and O–H groups in total. The number of hydrogen-bond donors (Lipinski definition) is 2. The van der Waals surface area contributed by atoms with Crippen LogP contribution >= 0.6 is 0 Å². The average Bonchev–Trinajstić information content (AvgIpc) is 3.11. The molecule has 2 aliphatic rings. The fraction of sp³-hybridized carbons (Fsp3) is 0.600. The van der Waals surface area contributed by atoms with Crippen molar-refractivity contribution in [2.75, 3.05) is 13.2 Å². The van der Waals surface area contributed by atoms with E-state index in [-0.39, 0.29) is 6.04 Å². The van der Waals surface area contributed by atoms with Crippen LogP contribution in [0.5, 0.6) is 5.75 Å². The van der Waals surface area contributed by atoms with Crippen LogP contribution in [0, 0.1) is 5.92 Å². The van der Waals surface area contributed by atoms with E-state index in [1.807, 2.05) is 0 Å². The molecule has 1 aromatic carbocycles. The largest absolute Gasteiger partial charge is 0.493 e. The summed E-state index contributed by atoms with van der Waals surface area (Å²) in [6, 6.07) is 4.32. The summed E-state index contributed by atoms with van der Waals surface area (Å²) in [6.07, 6.45) is 6.21. The van der Waals surface area contributed by atoms with E-state index >= 15 is 0 Å². The van der Waals surface area contributed by atoms with E-state index in [9.17, 15) is 0 Å². The van der Waals surface area contributed by atoms with Gasteiger partial charge in [-0.15, -0.1) is 0 Å². The standard InChI is InChI=1S/C15H22N2O/c16-8-14(17)13-6-11-2-1-3-12(11)7-15(13)18-9-10-4-5-10/h6-7,10,14H,1-5,8-9,16-17H2. The second kappa shape index (κ2) is 4.90. The molecule has 0 aromatic heterocycles. The van der Waals surface area contributed by atoms with Gasteiger partial charge in [-0.2, -0.15) is 0 Å². The molecule has 0 bridgehead atoms. The van der Waals surface area contributed by atoms with E-state index in [0.717, 1.165) is 23.8 Å². The Kier molecular flexibility index (Phi) is 3.27. The van der Waals surface area contributed by atoms with Gasteiger partial charge in [-0.25, -0.2) is 0 Å². The maximum Gasteiger partial charge on any atom is 0.124 e. The van der Waals surface area contributed by atoms with Crippen LogP contribution < -0.4 is 16.2 Å². The Morgan fingerprint density at radius 2 is 1.94 bits per heavy atom. The van der Waals surface area contributed by atoms with E-state index < -0.39 is 0 Å². The minimum atomic E-state index is -0.106. The van der Waals surface area contributed by atoms with E-state index in [0.29, 0.717) is 6.54 Å². The number of ether oxygens (including phenoxy) is 1. The fourth-order valence-electron chi connectivity index (χ4n) is 2.65. The van der Waals surface area contributed by atoms with Crippen molar-refractivity contribution in [1.29, 1.82) is 0 Å². The van der Waals surface area contributed by atoms with Crippen LogP contribution in [0.2, 0.25) is 0 Å². The number of nitrogens with two attached hydrogens (primary N) is 2. The Morgan fingerprint density at radius 3 is 2.61 bits per heavy atom. The highest BCUT2D eigenvalue weighted by atomic mass is 16.5. The van der Waals surface area contributed by atoms with E-state index in [1.54, 1.807) is 0 Å². The molecule has 1 aromatic rings. The second-order valence-corrected chi connectivity index (χ2v) is 5.61. The highest BCUT2D eigenvalue weighted by Crippen LogP contribution is 2.35. The predicted molar refractivity (Wildman–Crippen MR) is 72.7 cm³/mol.